The molecule has 1 aliphatic rings. The Morgan fingerprint density at radius 1 is 1.26 bits per heavy atom. The number of benzene rings is 1. The summed E-state index contributed by atoms with van der Waals surface area (Å²) < 4.78 is 12.2. The number of hydrogen-bond acceptors (Lipinski definition) is 4. The van der Waals surface area contributed by atoms with Gasteiger partial charge in [-0.2, -0.15) is 11.8 Å². The first-order valence-corrected chi connectivity index (χ1v) is 8.32. The molecule has 0 atom stereocenters. The summed E-state index contributed by atoms with van der Waals surface area (Å²) in [5.41, 5.74) is 1.19. The summed E-state index contributed by atoms with van der Waals surface area (Å²) in [7, 11) is 3.31. The lowest BCUT2D eigenvalue weighted by Gasteiger charge is -2.15. The lowest BCUT2D eigenvalue weighted by atomic mass is 10.2. The Kier molecular flexibility index (Phi) is 5.03. The molecule has 2 rings (SSSR count). The molecule has 0 amide bonds. The van der Waals surface area contributed by atoms with Crippen LogP contribution in [0.5, 0.6) is 11.5 Å². The lowest BCUT2D eigenvalue weighted by molar-refractivity contribution is 0.354. The molecule has 0 spiro atoms. The van der Waals surface area contributed by atoms with Crippen LogP contribution in [0.1, 0.15) is 18.4 Å². The predicted octanol–water partition coefficient (Wildman–Crippen LogP) is 3.45. The van der Waals surface area contributed by atoms with Crippen LogP contribution in [0.25, 0.3) is 0 Å². The van der Waals surface area contributed by atoms with Crippen molar-refractivity contribution in [3.63, 3.8) is 0 Å². The number of hydrogen-bond donors (Lipinski definition) is 1. The zero-order chi connectivity index (χ0) is 13.9. The number of thioether (sulfide) groups is 1. The largest absolute Gasteiger partial charge is 0.493 e. The van der Waals surface area contributed by atoms with E-state index in [0.717, 1.165) is 29.1 Å². The molecule has 5 heteroatoms. The molecular weight excluding hydrogens is 326 g/mol. The van der Waals surface area contributed by atoms with Crippen LogP contribution >= 0.6 is 27.7 Å². The van der Waals surface area contributed by atoms with E-state index in [9.17, 15) is 0 Å². The summed E-state index contributed by atoms with van der Waals surface area (Å²) in [6, 6.07) is 3.98. The van der Waals surface area contributed by atoms with Gasteiger partial charge in [0, 0.05) is 22.3 Å². The molecular formula is C14H20BrNO2S. The van der Waals surface area contributed by atoms with Crippen molar-refractivity contribution in [1.29, 1.82) is 0 Å². The molecule has 0 heterocycles. The van der Waals surface area contributed by atoms with Crippen LogP contribution in [0, 0.1) is 0 Å². The Balaban J connectivity index is 1.99. The van der Waals surface area contributed by atoms with Crippen molar-refractivity contribution < 1.29 is 9.47 Å². The third-order valence-electron chi connectivity index (χ3n) is 3.56. The van der Waals surface area contributed by atoms with Crippen LogP contribution in [-0.4, -0.2) is 31.8 Å². The van der Waals surface area contributed by atoms with Crippen molar-refractivity contribution in [2.75, 3.05) is 27.0 Å². The first kappa shape index (κ1) is 15.0. The van der Waals surface area contributed by atoms with E-state index in [1.807, 2.05) is 23.9 Å². The Morgan fingerprint density at radius 2 is 1.89 bits per heavy atom. The predicted molar refractivity (Wildman–Crippen MR) is 84.4 cm³/mol. The standard InChI is InChI=1S/C14H20BrNO2S/c1-17-12-6-10(11(15)7-13(12)18-2)8-16-9-14(19-3)4-5-14/h6-7,16H,4-5,8-9H2,1-3H3. The minimum atomic E-state index is 0.489. The molecule has 0 aliphatic heterocycles. The van der Waals surface area contributed by atoms with Crippen LogP contribution < -0.4 is 14.8 Å². The molecule has 1 aromatic rings. The smallest absolute Gasteiger partial charge is 0.161 e. The molecule has 1 aromatic carbocycles. The maximum Gasteiger partial charge on any atom is 0.161 e. The first-order valence-electron chi connectivity index (χ1n) is 6.30. The van der Waals surface area contributed by atoms with Gasteiger partial charge in [-0.3, -0.25) is 0 Å². The molecule has 0 bridgehead atoms. The summed E-state index contributed by atoms with van der Waals surface area (Å²) in [4.78, 5) is 0. The van der Waals surface area contributed by atoms with Gasteiger partial charge < -0.3 is 14.8 Å². The van der Waals surface area contributed by atoms with E-state index in [1.165, 1.54) is 18.4 Å². The van der Waals surface area contributed by atoms with Gasteiger partial charge in [-0.05, 0) is 36.8 Å². The molecule has 106 valence electrons. The highest BCUT2D eigenvalue weighted by Crippen LogP contribution is 2.46. The van der Waals surface area contributed by atoms with E-state index < -0.39 is 0 Å². The molecule has 0 unspecified atom stereocenters. The Hall–Kier alpha value is -0.390. The van der Waals surface area contributed by atoms with E-state index in [-0.39, 0.29) is 0 Å². The number of methoxy groups -OCH3 is 2. The molecule has 0 radical (unpaired) electrons. The Morgan fingerprint density at radius 3 is 2.42 bits per heavy atom. The fraction of sp³-hybridized carbons (Fsp3) is 0.571. The van der Waals surface area contributed by atoms with Crippen molar-refractivity contribution in [3.8, 4) is 11.5 Å². The molecule has 1 fully saturated rings. The Bertz CT molecular complexity index is 449. The second kappa shape index (κ2) is 6.37. The minimum absolute atomic E-state index is 0.489. The third kappa shape index (κ3) is 3.58. The maximum atomic E-state index is 5.33. The van der Waals surface area contributed by atoms with Crippen molar-refractivity contribution in [2.45, 2.75) is 24.1 Å². The van der Waals surface area contributed by atoms with Gasteiger partial charge in [0.1, 0.15) is 0 Å². The summed E-state index contributed by atoms with van der Waals surface area (Å²) in [6.07, 6.45) is 4.85. The normalized spacial score (nSPS) is 16.2. The van der Waals surface area contributed by atoms with Gasteiger partial charge in [-0.1, -0.05) is 15.9 Å². The quantitative estimate of drug-likeness (QED) is 0.819. The molecule has 1 saturated carbocycles. The summed E-state index contributed by atoms with van der Waals surface area (Å²) in [5.74, 6) is 1.52. The van der Waals surface area contributed by atoms with Gasteiger partial charge in [-0.25, -0.2) is 0 Å². The minimum Gasteiger partial charge on any atom is -0.493 e. The lowest BCUT2D eigenvalue weighted by Crippen LogP contribution is -2.25. The molecule has 3 nitrogen and oxygen atoms in total. The third-order valence-corrected chi connectivity index (χ3v) is 5.71. The summed E-state index contributed by atoms with van der Waals surface area (Å²) >= 11 is 5.56. The second-order valence-electron chi connectivity index (χ2n) is 4.79. The highest BCUT2D eigenvalue weighted by molar-refractivity contribution is 9.10. The highest BCUT2D eigenvalue weighted by atomic mass is 79.9. The van der Waals surface area contributed by atoms with E-state index in [1.54, 1.807) is 14.2 Å². The van der Waals surface area contributed by atoms with E-state index >= 15 is 0 Å². The van der Waals surface area contributed by atoms with Crippen LogP contribution in [-0.2, 0) is 6.54 Å². The van der Waals surface area contributed by atoms with Gasteiger partial charge >= 0.3 is 0 Å². The zero-order valence-corrected chi connectivity index (χ0v) is 14.0. The van der Waals surface area contributed by atoms with Crippen molar-refractivity contribution in [3.05, 3.63) is 22.2 Å². The van der Waals surface area contributed by atoms with Gasteiger partial charge in [-0.15, -0.1) is 0 Å². The molecule has 0 aromatic heterocycles. The first-order chi connectivity index (χ1) is 9.14. The van der Waals surface area contributed by atoms with Crippen LogP contribution in [0.2, 0.25) is 0 Å². The van der Waals surface area contributed by atoms with Crippen LogP contribution in [0.3, 0.4) is 0 Å². The average molecular weight is 346 g/mol. The number of ether oxygens (including phenoxy) is 2. The summed E-state index contributed by atoms with van der Waals surface area (Å²) in [6.45, 7) is 1.90. The van der Waals surface area contributed by atoms with Gasteiger partial charge in [0.15, 0.2) is 11.5 Å². The fourth-order valence-corrected chi connectivity index (χ4v) is 3.27. The Labute approximate surface area is 127 Å². The van der Waals surface area contributed by atoms with Crippen molar-refractivity contribution in [1.82, 2.24) is 5.32 Å². The van der Waals surface area contributed by atoms with Gasteiger partial charge in [0.2, 0.25) is 0 Å². The van der Waals surface area contributed by atoms with Crippen LogP contribution in [0.15, 0.2) is 16.6 Å². The van der Waals surface area contributed by atoms with E-state index in [0.29, 0.717) is 4.75 Å². The fourth-order valence-electron chi connectivity index (χ4n) is 2.05. The highest BCUT2D eigenvalue weighted by Gasteiger charge is 2.41. The number of halogens is 1. The van der Waals surface area contributed by atoms with Crippen molar-refractivity contribution in [2.24, 2.45) is 0 Å². The monoisotopic (exact) mass is 345 g/mol. The van der Waals surface area contributed by atoms with Crippen LogP contribution in [0.4, 0.5) is 0 Å². The maximum absolute atomic E-state index is 5.33. The summed E-state index contributed by atoms with van der Waals surface area (Å²) in [5, 5.41) is 3.54. The molecule has 1 aliphatic carbocycles. The van der Waals surface area contributed by atoms with E-state index in [2.05, 4.69) is 27.5 Å². The van der Waals surface area contributed by atoms with Gasteiger partial charge in [0.25, 0.3) is 0 Å². The topological polar surface area (TPSA) is 30.5 Å². The molecule has 19 heavy (non-hydrogen) atoms. The van der Waals surface area contributed by atoms with E-state index in [4.69, 9.17) is 9.47 Å². The number of nitrogens with one attached hydrogen (secondary N) is 1. The molecule has 1 N–H and O–H groups in total. The molecule has 0 saturated heterocycles. The SMILES string of the molecule is COc1cc(Br)c(CNCC2(SC)CC2)cc1OC. The van der Waals surface area contributed by atoms with Gasteiger partial charge in [0.05, 0.1) is 14.2 Å². The number of rotatable bonds is 7. The van der Waals surface area contributed by atoms with Crippen molar-refractivity contribution >= 4 is 27.7 Å². The zero-order valence-electron chi connectivity index (χ0n) is 11.6. The average Bonchev–Trinajstić information content (AvgIpc) is 3.20. The second-order valence-corrected chi connectivity index (χ2v) is 6.92.